The van der Waals surface area contributed by atoms with Gasteiger partial charge in [0, 0.05) is 19.6 Å². The van der Waals surface area contributed by atoms with E-state index in [-0.39, 0.29) is 18.1 Å². The van der Waals surface area contributed by atoms with Gasteiger partial charge >= 0.3 is 5.69 Å². The minimum atomic E-state index is -0.0981. The number of carbonyl (C=O) groups excluding carboxylic acids is 1. The van der Waals surface area contributed by atoms with Crippen molar-refractivity contribution in [2.24, 2.45) is 5.92 Å². The van der Waals surface area contributed by atoms with Crippen molar-refractivity contribution in [3.05, 3.63) is 34.7 Å². The van der Waals surface area contributed by atoms with Crippen LogP contribution < -0.4 is 11.0 Å². The van der Waals surface area contributed by atoms with Crippen LogP contribution in [0.5, 0.6) is 0 Å². The zero-order valence-electron chi connectivity index (χ0n) is 15.2. The van der Waals surface area contributed by atoms with E-state index in [4.69, 9.17) is 0 Å². The van der Waals surface area contributed by atoms with Crippen LogP contribution in [0.3, 0.4) is 0 Å². The lowest BCUT2D eigenvalue weighted by Crippen LogP contribution is -2.43. The van der Waals surface area contributed by atoms with Gasteiger partial charge in [-0.3, -0.25) is 13.9 Å². The maximum Gasteiger partial charge on any atom is 0.329 e. The van der Waals surface area contributed by atoms with Crippen molar-refractivity contribution < 1.29 is 4.79 Å². The number of fused-ring (bicyclic) bond motifs is 1. The van der Waals surface area contributed by atoms with Crippen LogP contribution in [0.25, 0.3) is 11.0 Å². The number of amides is 1. The molecule has 0 aliphatic carbocycles. The molecule has 0 radical (unpaired) electrons. The first-order valence-electron chi connectivity index (χ1n) is 9.32. The number of piperidine rings is 1. The van der Waals surface area contributed by atoms with Gasteiger partial charge in [-0.25, -0.2) is 4.79 Å². The first kappa shape index (κ1) is 17.7. The molecule has 1 fully saturated rings. The fourth-order valence-electron chi connectivity index (χ4n) is 3.70. The standard InChI is InChI=1S/C19H28N4O2/c1-3-20-13-15-9-11-21(12-10-15)18(24)14-23-17-8-6-5-7-16(17)22(4-2)19(23)25/h5-8,15,20H,3-4,9-14H2,1-2H3. The third-order valence-electron chi connectivity index (χ3n) is 5.18. The normalized spacial score (nSPS) is 15.8. The van der Waals surface area contributed by atoms with E-state index in [2.05, 4.69) is 12.2 Å². The maximum absolute atomic E-state index is 12.7. The van der Waals surface area contributed by atoms with E-state index in [0.717, 1.165) is 50.1 Å². The van der Waals surface area contributed by atoms with Crippen molar-refractivity contribution >= 4 is 16.9 Å². The van der Waals surface area contributed by atoms with Crippen LogP contribution in [0.1, 0.15) is 26.7 Å². The summed E-state index contributed by atoms with van der Waals surface area (Å²) in [5.74, 6) is 0.691. The molecular weight excluding hydrogens is 316 g/mol. The number of likely N-dealkylation sites (tertiary alicyclic amines) is 1. The Balaban J connectivity index is 1.71. The van der Waals surface area contributed by atoms with Crippen molar-refractivity contribution in [2.45, 2.75) is 39.8 Å². The van der Waals surface area contributed by atoms with Crippen LogP contribution in [-0.2, 0) is 17.9 Å². The zero-order chi connectivity index (χ0) is 17.8. The number of hydrogen-bond donors (Lipinski definition) is 1. The van der Waals surface area contributed by atoms with Crippen molar-refractivity contribution in [1.82, 2.24) is 19.4 Å². The molecule has 0 bridgehead atoms. The lowest BCUT2D eigenvalue weighted by atomic mass is 9.97. The first-order valence-corrected chi connectivity index (χ1v) is 9.32. The number of aromatic nitrogens is 2. The summed E-state index contributed by atoms with van der Waals surface area (Å²) in [5, 5.41) is 3.39. The molecule has 0 saturated carbocycles. The summed E-state index contributed by atoms with van der Waals surface area (Å²) in [7, 11) is 0. The summed E-state index contributed by atoms with van der Waals surface area (Å²) in [6.07, 6.45) is 2.06. The number of para-hydroxylation sites is 2. The fourth-order valence-corrected chi connectivity index (χ4v) is 3.70. The molecule has 3 rings (SSSR count). The molecule has 0 unspecified atom stereocenters. The van der Waals surface area contributed by atoms with E-state index in [1.54, 1.807) is 9.13 Å². The van der Waals surface area contributed by atoms with Crippen molar-refractivity contribution in [3.63, 3.8) is 0 Å². The van der Waals surface area contributed by atoms with Gasteiger partial charge < -0.3 is 10.2 Å². The molecule has 1 aromatic heterocycles. The molecule has 2 aromatic rings. The van der Waals surface area contributed by atoms with Crippen LogP contribution in [-0.4, -0.2) is 46.1 Å². The van der Waals surface area contributed by atoms with Crippen molar-refractivity contribution in [3.8, 4) is 0 Å². The Morgan fingerprint density at radius 3 is 2.36 bits per heavy atom. The van der Waals surface area contributed by atoms with Gasteiger partial charge in [0.25, 0.3) is 0 Å². The van der Waals surface area contributed by atoms with Gasteiger partial charge in [-0.05, 0) is 50.9 Å². The Kier molecular flexibility index (Phi) is 5.58. The predicted molar refractivity (Wildman–Crippen MR) is 99.7 cm³/mol. The Morgan fingerprint density at radius 1 is 1.12 bits per heavy atom. The molecule has 25 heavy (non-hydrogen) atoms. The van der Waals surface area contributed by atoms with Gasteiger partial charge in [-0.2, -0.15) is 0 Å². The van der Waals surface area contributed by atoms with Gasteiger partial charge in [-0.15, -0.1) is 0 Å². The molecule has 1 aliphatic rings. The molecule has 0 atom stereocenters. The van der Waals surface area contributed by atoms with Crippen LogP contribution in [0.15, 0.2) is 29.1 Å². The lowest BCUT2D eigenvalue weighted by molar-refractivity contribution is -0.133. The smallest absolute Gasteiger partial charge is 0.329 e. The molecular formula is C19H28N4O2. The highest BCUT2D eigenvalue weighted by molar-refractivity contribution is 5.81. The number of nitrogens with zero attached hydrogens (tertiary/aromatic N) is 3. The van der Waals surface area contributed by atoms with E-state index in [0.29, 0.717) is 12.5 Å². The van der Waals surface area contributed by atoms with Gasteiger partial charge in [0.2, 0.25) is 5.91 Å². The summed E-state index contributed by atoms with van der Waals surface area (Å²) in [6, 6.07) is 7.69. The average Bonchev–Trinajstić information content (AvgIpc) is 2.91. The minimum absolute atomic E-state index is 0.0445. The highest BCUT2D eigenvalue weighted by Gasteiger charge is 2.24. The second-order valence-corrected chi connectivity index (χ2v) is 6.73. The van der Waals surface area contributed by atoms with Crippen LogP contribution in [0, 0.1) is 5.92 Å². The Bertz CT molecular complexity index is 784. The zero-order valence-corrected chi connectivity index (χ0v) is 15.2. The second-order valence-electron chi connectivity index (χ2n) is 6.73. The van der Waals surface area contributed by atoms with Crippen LogP contribution in [0.2, 0.25) is 0 Å². The first-order chi connectivity index (χ1) is 12.2. The number of nitrogens with one attached hydrogen (secondary N) is 1. The second kappa shape index (κ2) is 7.87. The molecule has 1 aromatic carbocycles. The molecule has 1 N–H and O–H groups in total. The molecule has 6 nitrogen and oxygen atoms in total. The van der Waals surface area contributed by atoms with E-state index in [1.165, 1.54) is 0 Å². The number of imidazole rings is 1. The fraction of sp³-hybridized carbons (Fsp3) is 0.579. The molecule has 136 valence electrons. The summed E-state index contributed by atoms with van der Waals surface area (Å²) in [4.78, 5) is 27.3. The highest BCUT2D eigenvalue weighted by Crippen LogP contribution is 2.18. The molecule has 1 saturated heterocycles. The quantitative estimate of drug-likeness (QED) is 0.867. The molecule has 6 heteroatoms. The molecule has 1 amide bonds. The third-order valence-corrected chi connectivity index (χ3v) is 5.18. The van der Waals surface area contributed by atoms with Crippen LogP contribution in [0.4, 0.5) is 0 Å². The number of hydrogen-bond acceptors (Lipinski definition) is 3. The largest absolute Gasteiger partial charge is 0.341 e. The van der Waals surface area contributed by atoms with Gasteiger partial charge in [-0.1, -0.05) is 19.1 Å². The molecule has 0 spiro atoms. The molecule has 1 aliphatic heterocycles. The van der Waals surface area contributed by atoms with E-state index >= 15 is 0 Å². The van der Waals surface area contributed by atoms with Gasteiger partial charge in [0.15, 0.2) is 0 Å². The predicted octanol–water partition coefficient (Wildman–Crippen LogP) is 1.67. The van der Waals surface area contributed by atoms with E-state index in [1.807, 2.05) is 36.1 Å². The van der Waals surface area contributed by atoms with E-state index < -0.39 is 0 Å². The average molecular weight is 344 g/mol. The number of carbonyl (C=O) groups is 1. The Morgan fingerprint density at radius 2 is 1.76 bits per heavy atom. The third kappa shape index (κ3) is 3.63. The van der Waals surface area contributed by atoms with E-state index in [9.17, 15) is 9.59 Å². The van der Waals surface area contributed by atoms with Gasteiger partial charge in [0.05, 0.1) is 11.0 Å². The molecule has 2 heterocycles. The maximum atomic E-state index is 12.7. The summed E-state index contributed by atoms with van der Waals surface area (Å²) in [5.41, 5.74) is 1.64. The monoisotopic (exact) mass is 344 g/mol. The summed E-state index contributed by atoms with van der Waals surface area (Å²) < 4.78 is 3.34. The minimum Gasteiger partial charge on any atom is -0.341 e. The Hall–Kier alpha value is -2.08. The number of rotatable bonds is 6. The highest BCUT2D eigenvalue weighted by atomic mass is 16.2. The number of aryl methyl sites for hydroxylation is 1. The number of benzene rings is 1. The Labute approximate surface area is 148 Å². The van der Waals surface area contributed by atoms with Gasteiger partial charge in [0.1, 0.15) is 6.54 Å². The summed E-state index contributed by atoms with van der Waals surface area (Å²) >= 11 is 0. The SMILES string of the molecule is CCNCC1CCN(C(=O)Cn2c(=O)n(CC)c3ccccc32)CC1. The van der Waals surface area contributed by atoms with Crippen molar-refractivity contribution in [1.29, 1.82) is 0 Å². The lowest BCUT2D eigenvalue weighted by Gasteiger charge is -2.32. The van der Waals surface area contributed by atoms with Crippen LogP contribution >= 0.6 is 0 Å². The topological polar surface area (TPSA) is 59.3 Å². The summed E-state index contributed by atoms with van der Waals surface area (Å²) in [6.45, 7) is 8.40. The van der Waals surface area contributed by atoms with Crippen molar-refractivity contribution in [2.75, 3.05) is 26.2 Å².